The summed E-state index contributed by atoms with van der Waals surface area (Å²) in [6.45, 7) is 9.25. The fourth-order valence-electron chi connectivity index (χ4n) is 1.93. The van der Waals surface area contributed by atoms with Crippen molar-refractivity contribution in [3.63, 3.8) is 0 Å². The average Bonchev–Trinajstić information content (AvgIpc) is 2.90. The fraction of sp³-hybridized carbons (Fsp3) is 0.533. The Kier molecular flexibility index (Phi) is 6.20. The van der Waals surface area contributed by atoms with Gasteiger partial charge in [-0.25, -0.2) is 4.68 Å². The lowest BCUT2D eigenvalue weighted by Crippen LogP contribution is -2.24. The summed E-state index contributed by atoms with van der Waals surface area (Å²) in [6, 6.07) is 8.42. The fourth-order valence-corrected chi connectivity index (χ4v) is 2.91. The quantitative estimate of drug-likeness (QED) is 0.600. The zero-order chi connectivity index (χ0) is 15.1. The van der Waals surface area contributed by atoms with Crippen molar-refractivity contribution >= 4 is 11.8 Å². The first kappa shape index (κ1) is 16.0. The van der Waals surface area contributed by atoms with Gasteiger partial charge in [-0.1, -0.05) is 49.9 Å². The van der Waals surface area contributed by atoms with Crippen molar-refractivity contribution < 1.29 is 0 Å². The highest BCUT2D eigenvalue weighted by Crippen LogP contribution is 2.21. The van der Waals surface area contributed by atoms with Crippen molar-refractivity contribution in [3.8, 4) is 0 Å². The Balaban J connectivity index is 1.84. The summed E-state index contributed by atoms with van der Waals surface area (Å²) in [5, 5.41) is 16.2. The Morgan fingerprint density at radius 2 is 2.10 bits per heavy atom. The van der Waals surface area contributed by atoms with Gasteiger partial charge in [-0.05, 0) is 40.9 Å². The van der Waals surface area contributed by atoms with Crippen LogP contribution in [0.25, 0.3) is 0 Å². The van der Waals surface area contributed by atoms with Crippen LogP contribution in [0.4, 0.5) is 0 Å². The molecule has 114 valence electrons. The molecule has 5 nitrogen and oxygen atoms in total. The Labute approximate surface area is 130 Å². The number of hydrogen-bond acceptors (Lipinski definition) is 5. The van der Waals surface area contributed by atoms with Crippen molar-refractivity contribution in [2.45, 2.75) is 38.2 Å². The van der Waals surface area contributed by atoms with Crippen LogP contribution in [-0.4, -0.2) is 33.3 Å². The molecule has 1 N–H and O–H groups in total. The summed E-state index contributed by atoms with van der Waals surface area (Å²) < 4.78 is 1.87. The Morgan fingerprint density at radius 1 is 1.29 bits per heavy atom. The number of nitrogens with zero attached hydrogens (tertiary/aromatic N) is 4. The third kappa shape index (κ3) is 5.13. The molecule has 21 heavy (non-hydrogen) atoms. The van der Waals surface area contributed by atoms with Gasteiger partial charge < -0.3 is 5.32 Å². The van der Waals surface area contributed by atoms with Crippen LogP contribution in [-0.2, 0) is 12.3 Å². The summed E-state index contributed by atoms with van der Waals surface area (Å²) in [5.41, 5.74) is 2.64. The van der Waals surface area contributed by atoms with Gasteiger partial charge in [0.25, 0.3) is 0 Å². The van der Waals surface area contributed by atoms with Crippen LogP contribution in [0.5, 0.6) is 0 Å². The summed E-state index contributed by atoms with van der Waals surface area (Å²) in [5.74, 6) is 1.56. The van der Waals surface area contributed by atoms with E-state index in [0.717, 1.165) is 30.5 Å². The normalized spacial score (nSPS) is 11.2. The van der Waals surface area contributed by atoms with E-state index in [0.29, 0.717) is 5.92 Å². The van der Waals surface area contributed by atoms with Crippen molar-refractivity contribution in [1.29, 1.82) is 0 Å². The lowest BCUT2D eigenvalue weighted by molar-refractivity contribution is 0.482. The number of thioether (sulfide) groups is 1. The highest BCUT2D eigenvalue weighted by atomic mass is 32.2. The Bertz CT molecular complexity index is 553. The SMILES string of the molecule is Cc1ccccc1CSc1nnnn1CCNCC(C)C. The monoisotopic (exact) mass is 305 g/mol. The van der Waals surface area contributed by atoms with Crippen LogP contribution in [0.15, 0.2) is 29.4 Å². The molecule has 0 fully saturated rings. The summed E-state index contributed by atoms with van der Waals surface area (Å²) in [6.07, 6.45) is 0. The van der Waals surface area contributed by atoms with E-state index in [-0.39, 0.29) is 0 Å². The molecule has 0 spiro atoms. The first-order valence-electron chi connectivity index (χ1n) is 7.31. The van der Waals surface area contributed by atoms with Gasteiger partial charge in [-0.2, -0.15) is 0 Å². The van der Waals surface area contributed by atoms with Crippen molar-refractivity contribution in [1.82, 2.24) is 25.5 Å². The zero-order valence-electron chi connectivity index (χ0n) is 12.9. The molecule has 0 saturated heterocycles. The minimum Gasteiger partial charge on any atom is -0.315 e. The van der Waals surface area contributed by atoms with Crippen LogP contribution in [0.3, 0.4) is 0 Å². The van der Waals surface area contributed by atoms with Gasteiger partial charge in [0.2, 0.25) is 5.16 Å². The van der Waals surface area contributed by atoms with Gasteiger partial charge in [0.1, 0.15) is 0 Å². The van der Waals surface area contributed by atoms with Gasteiger partial charge >= 0.3 is 0 Å². The topological polar surface area (TPSA) is 55.6 Å². The molecule has 0 atom stereocenters. The second-order valence-corrected chi connectivity index (χ2v) is 6.44. The van der Waals surface area contributed by atoms with Gasteiger partial charge in [-0.15, -0.1) is 5.10 Å². The largest absolute Gasteiger partial charge is 0.315 e. The highest BCUT2D eigenvalue weighted by molar-refractivity contribution is 7.98. The molecule has 1 heterocycles. The predicted molar refractivity (Wildman–Crippen MR) is 86.3 cm³/mol. The molecule has 2 aromatic rings. The summed E-state index contributed by atoms with van der Waals surface area (Å²) in [7, 11) is 0. The first-order chi connectivity index (χ1) is 10.2. The summed E-state index contributed by atoms with van der Waals surface area (Å²) in [4.78, 5) is 0. The summed E-state index contributed by atoms with van der Waals surface area (Å²) >= 11 is 1.68. The predicted octanol–water partition coefficient (Wildman–Crippen LogP) is 2.52. The van der Waals surface area contributed by atoms with Gasteiger partial charge in [0.05, 0.1) is 6.54 Å². The number of nitrogens with one attached hydrogen (secondary N) is 1. The molecular formula is C15H23N5S. The van der Waals surface area contributed by atoms with Crippen molar-refractivity contribution in [2.75, 3.05) is 13.1 Å². The molecular weight excluding hydrogens is 282 g/mol. The number of hydrogen-bond donors (Lipinski definition) is 1. The van der Waals surface area contributed by atoms with E-state index in [1.165, 1.54) is 11.1 Å². The number of aromatic nitrogens is 4. The maximum absolute atomic E-state index is 4.11. The van der Waals surface area contributed by atoms with Crippen molar-refractivity contribution in [3.05, 3.63) is 35.4 Å². The molecule has 1 aromatic heterocycles. The molecule has 0 aliphatic carbocycles. The second-order valence-electron chi connectivity index (χ2n) is 5.50. The molecule has 0 saturated carbocycles. The van der Waals surface area contributed by atoms with E-state index in [1.54, 1.807) is 11.8 Å². The van der Waals surface area contributed by atoms with E-state index < -0.39 is 0 Å². The minimum atomic E-state index is 0.661. The third-order valence-electron chi connectivity index (χ3n) is 3.17. The third-order valence-corrected chi connectivity index (χ3v) is 4.18. The van der Waals surface area contributed by atoms with E-state index in [9.17, 15) is 0 Å². The van der Waals surface area contributed by atoms with Crippen LogP contribution in [0, 0.1) is 12.8 Å². The van der Waals surface area contributed by atoms with E-state index in [4.69, 9.17) is 0 Å². The van der Waals surface area contributed by atoms with E-state index in [2.05, 4.69) is 65.9 Å². The molecule has 0 aliphatic heterocycles. The minimum absolute atomic E-state index is 0.661. The zero-order valence-corrected chi connectivity index (χ0v) is 13.7. The van der Waals surface area contributed by atoms with Crippen LogP contribution in [0.2, 0.25) is 0 Å². The Hall–Kier alpha value is -1.40. The standard InChI is InChI=1S/C15H23N5S/c1-12(2)10-16-8-9-20-15(17-18-19-20)21-11-14-7-5-4-6-13(14)3/h4-7,12,16H,8-11H2,1-3H3. The number of benzene rings is 1. The van der Waals surface area contributed by atoms with Crippen LogP contribution >= 0.6 is 11.8 Å². The molecule has 0 radical (unpaired) electrons. The second kappa shape index (κ2) is 8.14. The van der Waals surface area contributed by atoms with Gasteiger partial charge in [0, 0.05) is 12.3 Å². The van der Waals surface area contributed by atoms with E-state index >= 15 is 0 Å². The maximum atomic E-state index is 4.11. The molecule has 0 bridgehead atoms. The number of aryl methyl sites for hydroxylation is 1. The molecule has 2 rings (SSSR count). The van der Waals surface area contributed by atoms with Gasteiger partial charge in [0.15, 0.2) is 0 Å². The number of tetrazole rings is 1. The lowest BCUT2D eigenvalue weighted by Gasteiger charge is -2.08. The maximum Gasteiger partial charge on any atom is 0.209 e. The van der Waals surface area contributed by atoms with E-state index in [1.807, 2.05) is 4.68 Å². The average molecular weight is 305 g/mol. The molecule has 1 aromatic carbocycles. The van der Waals surface area contributed by atoms with Gasteiger partial charge in [-0.3, -0.25) is 0 Å². The number of rotatable bonds is 8. The Morgan fingerprint density at radius 3 is 2.86 bits per heavy atom. The first-order valence-corrected chi connectivity index (χ1v) is 8.29. The highest BCUT2D eigenvalue weighted by Gasteiger charge is 2.07. The molecule has 6 heteroatoms. The van der Waals surface area contributed by atoms with Crippen molar-refractivity contribution in [2.24, 2.45) is 5.92 Å². The molecule has 0 unspecified atom stereocenters. The lowest BCUT2D eigenvalue weighted by atomic mass is 10.1. The molecule has 0 aliphatic rings. The smallest absolute Gasteiger partial charge is 0.209 e. The molecule has 0 amide bonds. The van der Waals surface area contributed by atoms with Crippen LogP contribution in [0.1, 0.15) is 25.0 Å². The van der Waals surface area contributed by atoms with Crippen LogP contribution < -0.4 is 5.32 Å².